The number of carbonyl (C=O) groups is 2. The molecule has 0 aromatic heterocycles. The second-order valence-electron chi connectivity index (χ2n) is 2.69. The quantitative estimate of drug-likeness (QED) is 0.486. The van der Waals surface area contributed by atoms with Crippen molar-refractivity contribution in [2.45, 2.75) is 25.9 Å². The Kier molecular flexibility index (Phi) is 4.28. The number of aliphatic hydroxyl groups is 1. The fourth-order valence-corrected chi connectivity index (χ4v) is 0.579. The van der Waals surface area contributed by atoms with Gasteiger partial charge in [0.2, 0.25) is 0 Å². The molecule has 0 bridgehead atoms. The molecule has 0 aromatic rings. The zero-order valence-electron chi connectivity index (χ0n) is 6.73. The number of aliphatic carboxylic acids is 2. The lowest BCUT2D eigenvalue weighted by Crippen LogP contribution is -2.09. The first-order valence-electron chi connectivity index (χ1n) is 3.59. The number of hydrogen-bond donors (Lipinski definition) is 3. The third-order valence-corrected chi connectivity index (χ3v) is 1.49. The number of hydrogen-bond acceptors (Lipinski definition) is 3. The first kappa shape index (κ1) is 10.9. The molecule has 0 amide bonds. The standard InChI is InChI=1S/C5H10O.C2H2O4/c1-4(6)5-2-3-5;3-1(4)2(5)6/h4-6H,2-3H2,1H3;(H,3,4)(H,5,6). The molecule has 1 fully saturated rings. The Hall–Kier alpha value is -1.10. The van der Waals surface area contributed by atoms with Crippen molar-refractivity contribution in [3.8, 4) is 0 Å². The lowest BCUT2D eigenvalue weighted by atomic mass is 10.3. The van der Waals surface area contributed by atoms with Crippen LogP contribution in [0.4, 0.5) is 0 Å². The smallest absolute Gasteiger partial charge is 0.414 e. The number of aliphatic hydroxyl groups excluding tert-OH is 1. The van der Waals surface area contributed by atoms with Gasteiger partial charge in [-0.25, -0.2) is 9.59 Å². The Morgan fingerprint density at radius 1 is 1.25 bits per heavy atom. The van der Waals surface area contributed by atoms with Gasteiger partial charge in [0.25, 0.3) is 0 Å². The topological polar surface area (TPSA) is 94.8 Å². The minimum atomic E-state index is -1.82. The summed E-state index contributed by atoms with van der Waals surface area (Å²) in [6.45, 7) is 1.86. The van der Waals surface area contributed by atoms with Crippen LogP contribution in [0.3, 0.4) is 0 Å². The Labute approximate surface area is 69.6 Å². The van der Waals surface area contributed by atoms with E-state index < -0.39 is 11.9 Å². The molecule has 0 saturated heterocycles. The molecular formula is C7H12O5. The highest BCUT2D eigenvalue weighted by Crippen LogP contribution is 2.31. The summed E-state index contributed by atoms with van der Waals surface area (Å²) in [6, 6.07) is 0. The summed E-state index contributed by atoms with van der Waals surface area (Å²) in [6.07, 6.45) is 2.46. The molecule has 0 radical (unpaired) electrons. The van der Waals surface area contributed by atoms with Crippen molar-refractivity contribution >= 4 is 11.9 Å². The summed E-state index contributed by atoms with van der Waals surface area (Å²) in [5.74, 6) is -2.99. The van der Waals surface area contributed by atoms with E-state index in [0.717, 1.165) is 0 Å². The van der Waals surface area contributed by atoms with Crippen LogP contribution in [0.1, 0.15) is 19.8 Å². The molecule has 1 aliphatic carbocycles. The van der Waals surface area contributed by atoms with Gasteiger partial charge in [-0.2, -0.15) is 0 Å². The second-order valence-corrected chi connectivity index (χ2v) is 2.69. The van der Waals surface area contributed by atoms with Crippen molar-refractivity contribution in [1.29, 1.82) is 0 Å². The van der Waals surface area contributed by atoms with Crippen molar-refractivity contribution in [3.63, 3.8) is 0 Å². The summed E-state index contributed by atoms with van der Waals surface area (Å²) in [5.41, 5.74) is 0. The molecule has 0 aliphatic heterocycles. The highest BCUT2D eigenvalue weighted by molar-refractivity contribution is 6.27. The summed E-state index contributed by atoms with van der Waals surface area (Å²) in [4.78, 5) is 18.2. The number of rotatable bonds is 1. The van der Waals surface area contributed by atoms with Crippen LogP contribution < -0.4 is 0 Å². The van der Waals surface area contributed by atoms with Crippen molar-refractivity contribution < 1.29 is 24.9 Å². The van der Waals surface area contributed by atoms with Crippen LogP contribution in [-0.2, 0) is 9.59 Å². The molecule has 1 atom stereocenters. The average Bonchev–Trinajstić information content (AvgIpc) is 2.68. The number of carboxylic acid groups (broad SMARTS) is 2. The molecule has 1 saturated carbocycles. The third kappa shape index (κ3) is 5.67. The Bertz CT molecular complexity index is 159. The van der Waals surface area contributed by atoms with E-state index in [2.05, 4.69) is 0 Å². The van der Waals surface area contributed by atoms with E-state index in [4.69, 9.17) is 24.9 Å². The van der Waals surface area contributed by atoms with Gasteiger partial charge < -0.3 is 15.3 Å². The molecule has 70 valence electrons. The highest BCUT2D eigenvalue weighted by Gasteiger charge is 2.25. The highest BCUT2D eigenvalue weighted by atomic mass is 16.4. The van der Waals surface area contributed by atoms with E-state index in [0.29, 0.717) is 5.92 Å². The summed E-state index contributed by atoms with van der Waals surface area (Å²) >= 11 is 0. The van der Waals surface area contributed by atoms with Crippen molar-refractivity contribution in [2.24, 2.45) is 5.92 Å². The molecule has 0 heterocycles. The van der Waals surface area contributed by atoms with Crippen LogP contribution in [0.2, 0.25) is 0 Å². The maximum Gasteiger partial charge on any atom is 0.414 e. The fraction of sp³-hybridized carbons (Fsp3) is 0.714. The van der Waals surface area contributed by atoms with Gasteiger partial charge >= 0.3 is 11.9 Å². The van der Waals surface area contributed by atoms with Gasteiger partial charge in [-0.1, -0.05) is 0 Å². The minimum Gasteiger partial charge on any atom is -0.473 e. The molecule has 3 N–H and O–H groups in total. The normalized spacial score (nSPS) is 17.2. The molecule has 5 nitrogen and oxygen atoms in total. The fourth-order valence-electron chi connectivity index (χ4n) is 0.579. The summed E-state index contributed by atoms with van der Waals surface area (Å²) in [7, 11) is 0. The molecule has 0 spiro atoms. The Morgan fingerprint density at radius 2 is 1.58 bits per heavy atom. The number of carboxylic acids is 2. The van der Waals surface area contributed by atoms with Gasteiger partial charge in [0.05, 0.1) is 6.10 Å². The van der Waals surface area contributed by atoms with E-state index in [9.17, 15) is 0 Å². The SMILES string of the molecule is CC(O)C1CC1.O=C(O)C(=O)O. The van der Waals surface area contributed by atoms with Gasteiger partial charge in [0.1, 0.15) is 0 Å². The Morgan fingerprint density at radius 3 is 1.58 bits per heavy atom. The van der Waals surface area contributed by atoms with Crippen LogP contribution in [0, 0.1) is 5.92 Å². The van der Waals surface area contributed by atoms with Gasteiger partial charge in [0.15, 0.2) is 0 Å². The monoisotopic (exact) mass is 176 g/mol. The molecule has 1 aliphatic rings. The zero-order chi connectivity index (χ0) is 9.72. The summed E-state index contributed by atoms with van der Waals surface area (Å²) in [5, 5.41) is 23.5. The van der Waals surface area contributed by atoms with E-state index in [1.807, 2.05) is 6.92 Å². The predicted molar refractivity (Wildman–Crippen MR) is 39.7 cm³/mol. The first-order valence-corrected chi connectivity index (χ1v) is 3.59. The molecule has 12 heavy (non-hydrogen) atoms. The van der Waals surface area contributed by atoms with Gasteiger partial charge in [-0.3, -0.25) is 0 Å². The Balaban J connectivity index is 0.000000202. The first-order chi connectivity index (χ1) is 5.45. The second kappa shape index (κ2) is 4.71. The van der Waals surface area contributed by atoms with E-state index in [1.54, 1.807) is 0 Å². The molecule has 0 aromatic carbocycles. The van der Waals surface area contributed by atoms with E-state index in [-0.39, 0.29) is 6.10 Å². The largest absolute Gasteiger partial charge is 0.473 e. The predicted octanol–water partition coefficient (Wildman–Crippen LogP) is -0.0672. The molecule has 1 rings (SSSR count). The van der Waals surface area contributed by atoms with Gasteiger partial charge in [0, 0.05) is 0 Å². The van der Waals surface area contributed by atoms with Crippen molar-refractivity contribution in [3.05, 3.63) is 0 Å². The minimum absolute atomic E-state index is 0.0370. The molecule has 5 heteroatoms. The molecular weight excluding hydrogens is 164 g/mol. The zero-order valence-corrected chi connectivity index (χ0v) is 6.73. The third-order valence-electron chi connectivity index (χ3n) is 1.49. The maximum atomic E-state index is 9.10. The average molecular weight is 176 g/mol. The lowest BCUT2D eigenvalue weighted by Gasteiger charge is -1.93. The van der Waals surface area contributed by atoms with Gasteiger partial charge in [-0.05, 0) is 25.7 Å². The van der Waals surface area contributed by atoms with Crippen molar-refractivity contribution in [1.82, 2.24) is 0 Å². The van der Waals surface area contributed by atoms with Crippen LogP contribution in [-0.4, -0.2) is 33.4 Å². The van der Waals surface area contributed by atoms with Gasteiger partial charge in [-0.15, -0.1) is 0 Å². The van der Waals surface area contributed by atoms with Crippen LogP contribution in [0.15, 0.2) is 0 Å². The maximum absolute atomic E-state index is 9.10. The summed E-state index contributed by atoms with van der Waals surface area (Å²) < 4.78 is 0. The van der Waals surface area contributed by atoms with E-state index in [1.165, 1.54) is 12.8 Å². The molecule has 1 unspecified atom stereocenters. The lowest BCUT2D eigenvalue weighted by molar-refractivity contribution is -0.159. The van der Waals surface area contributed by atoms with Crippen molar-refractivity contribution in [2.75, 3.05) is 0 Å². The van der Waals surface area contributed by atoms with Crippen LogP contribution in [0.25, 0.3) is 0 Å². The van der Waals surface area contributed by atoms with E-state index >= 15 is 0 Å². The van der Waals surface area contributed by atoms with Crippen LogP contribution >= 0.6 is 0 Å². The van der Waals surface area contributed by atoms with Crippen LogP contribution in [0.5, 0.6) is 0 Å².